The average molecular weight is 537 g/mol. The number of nitrogens with zero attached hydrogens (tertiary/aromatic N) is 4. The number of rotatable bonds is 9. The Kier molecular flexibility index (Phi) is 7.99. The number of hydrogen-bond donors (Lipinski definition) is 2. The molecule has 5 rings (SSSR count). The summed E-state index contributed by atoms with van der Waals surface area (Å²) in [5, 5.41) is 10.8. The molecule has 1 amide bonds. The maximum atomic E-state index is 13.8. The van der Waals surface area contributed by atoms with Crippen LogP contribution < -0.4 is 15.4 Å². The van der Waals surface area contributed by atoms with E-state index in [1.165, 1.54) is 6.07 Å². The lowest BCUT2D eigenvalue weighted by molar-refractivity contribution is 0.0398. The molecule has 2 aromatic carbocycles. The summed E-state index contributed by atoms with van der Waals surface area (Å²) >= 11 is 0. The van der Waals surface area contributed by atoms with Crippen LogP contribution in [-0.4, -0.2) is 71.3 Å². The van der Waals surface area contributed by atoms with Gasteiger partial charge in [-0.15, -0.1) is 5.10 Å². The Morgan fingerprint density at radius 1 is 1.10 bits per heavy atom. The zero-order chi connectivity index (χ0) is 27.4. The number of nitrogens with one attached hydrogen (secondary N) is 2. The predicted octanol–water partition coefficient (Wildman–Crippen LogP) is 4.27. The monoisotopic (exact) mass is 536 g/mol. The molecule has 2 aromatic heterocycles. The van der Waals surface area contributed by atoms with Gasteiger partial charge in [0.05, 0.1) is 30.8 Å². The Hall–Kier alpha value is -4.09. The van der Waals surface area contributed by atoms with Crippen LogP contribution in [0, 0.1) is 18.6 Å². The smallest absolute Gasteiger partial charge is 0.251 e. The van der Waals surface area contributed by atoms with E-state index >= 15 is 0 Å². The highest BCUT2D eigenvalue weighted by Gasteiger charge is 2.17. The van der Waals surface area contributed by atoms with Crippen molar-refractivity contribution in [3.05, 3.63) is 71.4 Å². The van der Waals surface area contributed by atoms with E-state index < -0.39 is 11.6 Å². The summed E-state index contributed by atoms with van der Waals surface area (Å²) in [5.74, 6) is -1.81. The number of carbonyl (C=O) groups is 1. The Balaban J connectivity index is 1.49. The van der Waals surface area contributed by atoms with Crippen LogP contribution in [0.4, 0.5) is 14.5 Å². The van der Waals surface area contributed by atoms with Gasteiger partial charge in [-0.25, -0.2) is 18.3 Å². The summed E-state index contributed by atoms with van der Waals surface area (Å²) in [7, 11) is 0. The third kappa shape index (κ3) is 5.99. The molecule has 39 heavy (non-hydrogen) atoms. The fraction of sp³-hybridized carbons (Fsp3) is 0.321. The van der Waals surface area contributed by atoms with Crippen molar-refractivity contribution in [3.8, 4) is 22.9 Å². The third-order valence-corrected chi connectivity index (χ3v) is 6.51. The first-order chi connectivity index (χ1) is 18.9. The molecular weight excluding hydrogens is 506 g/mol. The SMILES string of the molecule is CCNC(=O)c1ccc(-c2cnc3c(NCCN4CCOCC4)cc(Oc4ccc(F)c(F)c4)nn23)cc1C. The summed E-state index contributed by atoms with van der Waals surface area (Å²) < 4.78 is 40.2. The minimum atomic E-state index is -1.01. The molecule has 204 valence electrons. The van der Waals surface area contributed by atoms with Crippen molar-refractivity contribution in [2.45, 2.75) is 13.8 Å². The molecule has 1 aliphatic rings. The zero-order valence-electron chi connectivity index (χ0n) is 21.8. The number of fused-ring (bicyclic) bond motifs is 1. The molecule has 4 aromatic rings. The van der Waals surface area contributed by atoms with Gasteiger partial charge in [0.25, 0.3) is 5.91 Å². The minimum absolute atomic E-state index is 0.115. The van der Waals surface area contributed by atoms with E-state index in [0.717, 1.165) is 42.9 Å². The van der Waals surface area contributed by atoms with Gasteiger partial charge in [-0.1, -0.05) is 6.07 Å². The van der Waals surface area contributed by atoms with Gasteiger partial charge in [0.2, 0.25) is 5.88 Å². The van der Waals surface area contributed by atoms with Crippen molar-refractivity contribution >= 4 is 17.2 Å². The van der Waals surface area contributed by atoms with Crippen molar-refractivity contribution in [2.24, 2.45) is 0 Å². The number of carbonyl (C=O) groups excluding carboxylic acids is 1. The van der Waals surface area contributed by atoms with E-state index in [0.29, 0.717) is 48.9 Å². The molecule has 0 bridgehead atoms. The third-order valence-electron chi connectivity index (χ3n) is 6.51. The largest absolute Gasteiger partial charge is 0.437 e. The number of ether oxygens (including phenoxy) is 2. The van der Waals surface area contributed by atoms with Crippen LogP contribution >= 0.6 is 0 Å². The van der Waals surface area contributed by atoms with Crippen molar-refractivity contribution in [1.82, 2.24) is 24.8 Å². The van der Waals surface area contributed by atoms with E-state index in [-0.39, 0.29) is 17.5 Å². The summed E-state index contributed by atoms with van der Waals surface area (Å²) in [6.45, 7) is 8.92. The highest BCUT2D eigenvalue weighted by molar-refractivity contribution is 5.96. The van der Waals surface area contributed by atoms with Crippen LogP contribution in [0.3, 0.4) is 0 Å². The summed E-state index contributed by atoms with van der Waals surface area (Å²) in [6.07, 6.45) is 1.71. The van der Waals surface area contributed by atoms with E-state index in [9.17, 15) is 13.6 Å². The van der Waals surface area contributed by atoms with Gasteiger partial charge in [-0.2, -0.15) is 0 Å². The molecule has 2 N–H and O–H groups in total. The van der Waals surface area contributed by atoms with Gasteiger partial charge >= 0.3 is 0 Å². The van der Waals surface area contributed by atoms with Crippen LogP contribution in [-0.2, 0) is 4.74 Å². The van der Waals surface area contributed by atoms with Gasteiger partial charge < -0.3 is 20.1 Å². The van der Waals surface area contributed by atoms with Crippen LogP contribution in [0.1, 0.15) is 22.8 Å². The first-order valence-corrected chi connectivity index (χ1v) is 12.9. The second-order valence-corrected chi connectivity index (χ2v) is 9.22. The molecule has 0 spiro atoms. The van der Waals surface area contributed by atoms with Crippen molar-refractivity contribution in [3.63, 3.8) is 0 Å². The zero-order valence-corrected chi connectivity index (χ0v) is 21.8. The number of anilines is 1. The summed E-state index contributed by atoms with van der Waals surface area (Å²) in [6, 6.07) is 10.5. The molecule has 1 saturated heterocycles. The number of amides is 1. The Labute approximate surface area is 224 Å². The first kappa shape index (κ1) is 26.5. The molecule has 9 nitrogen and oxygen atoms in total. The summed E-state index contributed by atoms with van der Waals surface area (Å²) in [5.41, 5.74) is 4.15. The molecule has 3 heterocycles. The molecule has 0 saturated carbocycles. The Bertz CT molecular complexity index is 1490. The van der Waals surface area contributed by atoms with Gasteiger partial charge in [0.15, 0.2) is 17.3 Å². The molecule has 11 heteroatoms. The van der Waals surface area contributed by atoms with Crippen molar-refractivity contribution in [2.75, 3.05) is 51.3 Å². The summed E-state index contributed by atoms with van der Waals surface area (Å²) in [4.78, 5) is 19.3. The number of imidazole rings is 1. The standard InChI is InChI=1S/C28H30F2N6O3/c1-3-31-28(37)21-6-4-19(14-18(21)2)25-17-33-27-24(32-8-9-35-10-12-38-13-11-35)16-26(34-36(25)27)39-20-5-7-22(29)23(30)15-20/h4-7,14-17,32H,3,8-13H2,1-2H3,(H,31,37). The lowest BCUT2D eigenvalue weighted by Gasteiger charge is -2.26. The number of hydrogen-bond acceptors (Lipinski definition) is 7. The highest BCUT2D eigenvalue weighted by atomic mass is 19.2. The first-order valence-electron chi connectivity index (χ1n) is 12.9. The quantitative estimate of drug-likeness (QED) is 0.330. The van der Waals surface area contributed by atoms with E-state index in [1.807, 2.05) is 26.0 Å². The molecule has 0 aliphatic carbocycles. The van der Waals surface area contributed by atoms with Gasteiger partial charge in [-0.3, -0.25) is 9.69 Å². The average Bonchev–Trinajstić information content (AvgIpc) is 3.35. The van der Waals surface area contributed by atoms with Gasteiger partial charge in [-0.05, 0) is 43.7 Å². The molecule has 0 radical (unpaired) electrons. The number of benzene rings is 2. The second-order valence-electron chi connectivity index (χ2n) is 9.22. The molecule has 0 atom stereocenters. The van der Waals surface area contributed by atoms with E-state index in [2.05, 4.69) is 25.6 Å². The van der Waals surface area contributed by atoms with Crippen LogP contribution in [0.25, 0.3) is 16.9 Å². The Morgan fingerprint density at radius 2 is 1.92 bits per heavy atom. The fourth-order valence-electron chi connectivity index (χ4n) is 4.49. The van der Waals surface area contributed by atoms with Crippen molar-refractivity contribution < 1.29 is 23.0 Å². The lowest BCUT2D eigenvalue weighted by atomic mass is 10.0. The predicted molar refractivity (Wildman–Crippen MR) is 143 cm³/mol. The molecule has 1 fully saturated rings. The van der Waals surface area contributed by atoms with Gasteiger partial charge in [0, 0.05) is 56.0 Å². The fourth-order valence-corrected chi connectivity index (χ4v) is 4.49. The van der Waals surface area contributed by atoms with Crippen molar-refractivity contribution in [1.29, 1.82) is 0 Å². The van der Waals surface area contributed by atoms with Gasteiger partial charge in [0.1, 0.15) is 5.75 Å². The number of aryl methyl sites for hydroxylation is 1. The van der Waals surface area contributed by atoms with Crippen LogP contribution in [0.5, 0.6) is 11.6 Å². The number of morpholine rings is 1. The topological polar surface area (TPSA) is 93.0 Å². The minimum Gasteiger partial charge on any atom is -0.437 e. The maximum absolute atomic E-state index is 13.8. The molecule has 1 aliphatic heterocycles. The second kappa shape index (κ2) is 11.7. The lowest BCUT2D eigenvalue weighted by Crippen LogP contribution is -2.39. The van der Waals surface area contributed by atoms with Crippen LogP contribution in [0.15, 0.2) is 48.7 Å². The molecule has 0 unspecified atom stereocenters. The number of aromatic nitrogens is 3. The Morgan fingerprint density at radius 3 is 2.67 bits per heavy atom. The molecular formula is C28H30F2N6O3. The normalized spacial score (nSPS) is 13.9. The maximum Gasteiger partial charge on any atom is 0.251 e. The highest BCUT2D eigenvalue weighted by Crippen LogP contribution is 2.30. The number of halogens is 2. The van der Waals surface area contributed by atoms with E-state index in [1.54, 1.807) is 22.8 Å². The van der Waals surface area contributed by atoms with E-state index in [4.69, 9.17) is 9.47 Å². The van der Waals surface area contributed by atoms with Crippen LogP contribution in [0.2, 0.25) is 0 Å².